The molecule has 13 nitrogen and oxygen atoms in total. The van der Waals surface area contributed by atoms with Gasteiger partial charge in [-0.3, -0.25) is 4.40 Å². The molecule has 226 valence electrons. The summed E-state index contributed by atoms with van der Waals surface area (Å²) in [6, 6.07) is 1.88. The molecule has 4 heterocycles. The lowest BCUT2D eigenvalue weighted by atomic mass is 10.0. The summed E-state index contributed by atoms with van der Waals surface area (Å²) in [6.45, 7) is 12.0. The molecule has 4 rings (SSSR count). The lowest BCUT2D eigenvalue weighted by molar-refractivity contribution is 0.0495. The van der Waals surface area contributed by atoms with Crippen LogP contribution in [-0.4, -0.2) is 68.0 Å². The van der Waals surface area contributed by atoms with E-state index >= 15 is 0 Å². The summed E-state index contributed by atoms with van der Waals surface area (Å²) < 4.78 is 18.3. The average Bonchev–Trinajstić information content (AvgIpc) is 3.25. The van der Waals surface area contributed by atoms with E-state index in [-0.39, 0.29) is 11.9 Å². The number of pyridine rings is 1. The predicted molar refractivity (Wildman–Crippen MR) is 158 cm³/mol. The normalized spacial score (nSPS) is 15.7. The lowest BCUT2D eigenvalue weighted by Crippen LogP contribution is -2.49. The zero-order chi connectivity index (χ0) is 30.7. The van der Waals surface area contributed by atoms with Gasteiger partial charge in [0, 0.05) is 49.8 Å². The smallest absolute Gasteiger partial charge is 0.423 e. The number of imidazole rings is 1. The number of imide groups is 1. The minimum Gasteiger partial charge on any atom is -0.444 e. The number of carbonyl (C=O) groups excluding carboxylic acids is 3. The average molecular weight is 647 g/mol. The SMILES string of the molecule is CC(C)(C)OC(=O)NC(=O)Oc1nccn2c(Cc3cc(Br)ncc3N3CCC[C@@H](NC(=O)OC(C)(C)C)C3)cnc12. The Morgan fingerprint density at radius 1 is 1.00 bits per heavy atom. The van der Waals surface area contributed by atoms with E-state index in [1.807, 2.05) is 38.4 Å². The molecule has 0 aliphatic carbocycles. The van der Waals surface area contributed by atoms with Crippen molar-refractivity contribution in [2.24, 2.45) is 0 Å². The Kier molecular flexibility index (Phi) is 9.24. The van der Waals surface area contributed by atoms with E-state index in [1.165, 1.54) is 6.20 Å². The quantitative estimate of drug-likeness (QED) is 0.363. The Balaban J connectivity index is 1.50. The number of halogens is 1. The lowest BCUT2D eigenvalue weighted by Gasteiger charge is -2.36. The first kappa shape index (κ1) is 31.0. The molecule has 0 saturated carbocycles. The molecule has 0 unspecified atom stereocenters. The number of anilines is 1. The number of amides is 3. The Morgan fingerprint density at radius 3 is 2.43 bits per heavy atom. The third kappa shape index (κ3) is 8.54. The van der Waals surface area contributed by atoms with Crippen molar-refractivity contribution in [3.05, 3.63) is 46.7 Å². The second-order valence-electron chi connectivity index (χ2n) is 11.9. The van der Waals surface area contributed by atoms with Gasteiger partial charge in [0.25, 0.3) is 5.88 Å². The highest BCUT2D eigenvalue weighted by Crippen LogP contribution is 2.29. The molecule has 3 aromatic heterocycles. The Hall–Kier alpha value is -3.94. The Labute approximate surface area is 252 Å². The van der Waals surface area contributed by atoms with Crippen molar-refractivity contribution >= 4 is 45.5 Å². The molecule has 14 heteroatoms. The highest BCUT2D eigenvalue weighted by atomic mass is 79.9. The van der Waals surface area contributed by atoms with Gasteiger partial charge >= 0.3 is 18.3 Å². The number of piperidine rings is 1. The maximum absolute atomic E-state index is 12.4. The zero-order valence-corrected chi connectivity index (χ0v) is 26.1. The van der Waals surface area contributed by atoms with Crippen molar-refractivity contribution < 1.29 is 28.6 Å². The molecule has 1 saturated heterocycles. The number of aromatic nitrogens is 4. The van der Waals surface area contributed by atoms with E-state index in [4.69, 9.17) is 14.2 Å². The molecule has 42 heavy (non-hydrogen) atoms. The topological polar surface area (TPSA) is 149 Å². The third-order valence-electron chi connectivity index (χ3n) is 6.05. The second kappa shape index (κ2) is 12.5. The molecule has 0 aromatic carbocycles. The molecule has 0 bridgehead atoms. The first-order valence-electron chi connectivity index (χ1n) is 13.6. The number of hydrogen-bond acceptors (Lipinski definition) is 10. The van der Waals surface area contributed by atoms with Crippen molar-refractivity contribution in [2.75, 3.05) is 18.0 Å². The maximum atomic E-state index is 12.4. The largest absolute Gasteiger partial charge is 0.444 e. The molecule has 1 aliphatic heterocycles. The van der Waals surface area contributed by atoms with Crippen LogP contribution in [0.25, 0.3) is 5.65 Å². The van der Waals surface area contributed by atoms with Crippen molar-refractivity contribution in [2.45, 2.75) is 78.0 Å². The summed E-state index contributed by atoms with van der Waals surface area (Å²) in [7, 11) is 0. The number of hydrogen-bond donors (Lipinski definition) is 2. The van der Waals surface area contributed by atoms with Crippen LogP contribution in [0.2, 0.25) is 0 Å². The van der Waals surface area contributed by atoms with Gasteiger partial charge in [-0.15, -0.1) is 0 Å². The van der Waals surface area contributed by atoms with Crippen molar-refractivity contribution in [1.29, 1.82) is 0 Å². The summed E-state index contributed by atoms with van der Waals surface area (Å²) in [4.78, 5) is 51.8. The van der Waals surface area contributed by atoms with Gasteiger partial charge in [-0.1, -0.05) is 0 Å². The standard InChI is InChI=1S/C28H36BrN7O6/c1-27(2,3)41-25(38)33-18-8-7-10-35(16-18)20-15-31-21(29)13-17(20)12-19-14-32-22-23(30-9-11-36(19)22)40-24(37)34-26(39)42-28(4,5)6/h9,11,13-15,18H,7-8,10,12,16H2,1-6H3,(H,33,38)(H,34,37,39)/t18-/m1/s1. The highest BCUT2D eigenvalue weighted by molar-refractivity contribution is 9.10. The summed E-state index contributed by atoms with van der Waals surface area (Å²) in [5.41, 5.74) is 1.69. The minimum absolute atomic E-state index is 0.0620. The van der Waals surface area contributed by atoms with Gasteiger partial charge in [0.1, 0.15) is 15.8 Å². The van der Waals surface area contributed by atoms with Gasteiger partial charge in [-0.05, 0) is 81.9 Å². The first-order chi connectivity index (χ1) is 19.7. The number of fused-ring (bicyclic) bond motifs is 1. The number of ether oxygens (including phenoxy) is 3. The molecule has 3 aromatic rings. The molecule has 0 spiro atoms. The van der Waals surface area contributed by atoms with E-state index in [9.17, 15) is 14.4 Å². The minimum atomic E-state index is -1.03. The number of carbonyl (C=O) groups is 3. The zero-order valence-electron chi connectivity index (χ0n) is 24.6. The van der Waals surface area contributed by atoms with E-state index in [0.717, 1.165) is 36.3 Å². The van der Waals surface area contributed by atoms with Gasteiger partial charge in [0.05, 0.1) is 11.9 Å². The molecule has 1 fully saturated rings. The highest BCUT2D eigenvalue weighted by Gasteiger charge is 2.26. The predicted octanol–water partition coefficient (Wildman–Crippen LogP) is 4.99. The molecular weight excluding hydrogens is 610 g/mol. The molecule has 2 N–H and O–H groups in total. The van der Waals surface area contributed by atoms with Gasteiger partial charge in [0.15, 0.2) is 0 Å². The van der Waals surface area contributed by atoms with Crippen LogP contribution in [0.4, 0.5) is 20.1 Å². The summed E-state index contributed by atoms with van der Waals surface area (Å²) in [5, 5.41) is 5.01. The number of nitrogens with one attached hydrogen (secondary N) is 2. The van der Waals surface area contributed by atoms with Gasteiger partial charge in [0.2, 0.25) is 5.65 Å². The van der Waals surface area contributed by atoms with Crippen LogP contribution in [0, 0.1) is 0 Å². The van der Waals surface area contributed by atoms with Crippen LogP contribution in [0.15, 0.2) is 35.5 Å². The molecule has 3 amide bonds. The van der Waals surface area contributed by atoms with E-state index < -0.39 is 29.5 Å². The number of alkyl carbamates (subject to hydrolysis) is 2. The van der Waals surface area contributed by atoms with Crippen LogP contribution in [0.1, 0.15) is 65.6 Å². The van der Waals surface area contributed by atoms with Crippen molar-refractivity contribution in [3.8, 4) is 5.88 Å². The molecule has 1 aliphatic rings. The summed E-state index contributed by atoms with van der Waals surface area (Å²) in [6.07, 6.45) is 6.51. The van der Waals surface area contributed by atoms with Crippen molar-refractivity contribution in [3.63, 3.8) is 0 Å². The van der Waals surface area contributed by atoms with E-state index in [0.29, 0.717) is 23.2 Å². The Bertz CT molecular complexity index is 1460. The second-order valence-corrected chi connectivity index (χ2v) is 12.7. The summed E-state index contributed by atoms with van der Waals surface area (Å²) in [5.74, 6) is -0.0620. The Morgan fingerprint density at radius 2 is 1.71 bits per heavy atom. The number of nitrogens with zero attached hydrogens (tertiary/aromatic N) is 5. The molecular formula is C28H36BrN7O6. The van der Waals surface area contributed by atoms with Crippen LogP contribution in [0.5, 0.6) is 5.88 Å². The third-order valence-corrected chi connectivity index (χ3v) is 6.49. The fourth-order valence-electron chi connectivity index (χ4n) is 4.52. The number of rotatable bonds is 5. The monoisotopic (exact) mass is 645 g/mol. The van der Waals surface area contributed by atoms with E-state index in [2.05, 4.69) is 41.1 Å². The van der Waals surface area contributed by atoms with Crippen molar-refractivity contribution in [1.82, 2.24) is 30.0 Å². The fourth-order valence-corrected chi connectivity index (χ4v) is 4.90. The fraction of sp³-hybridized carbons (Fsp3) is 0.500. The van der Waals surface area contributed by atoms with Crippen LogP contribution in [0.3, 0.4) is 0 Å². The molecule has 1 atom stereocenters. The van der Waals surface area contributed by atoms with Gasteiger partial charge in [-0.25, -0.2) is 34.7 Å². The van der Waals surface area contributed by atoms with Crippen LogP contribution < -0.4 is 20.3 Å². The summed E-state index contributed by atoms with van der Waals surface area (Å²) >= 11 is 3.49. The first-order valence-corrected chi connectivity index (χ1v) is 14.4. The van der Waals surface area contributed by atoms with E-state index in [1.54, 1.807) is 37.6 Å². The maximum Gasteiger partial charge on any atom is 0.423 e. The van der Waals surface area contributed by atoms with Gasteiger partial charge in [-0.2, -0.15) is 0 Å². The van der Waals surface area contributed by atoms with Gasteiger partial charge < -0.3 is 24.4 Å². The van der Waals surface area contributed by atoms with Crippen LogP contribution in [-0.2, 0) is 15.9 Å². The molecule has 0 radical (unpaired) electrons. The van der Waals surface area contributed by atoms with Crippen LogP contribution >= 0.6 is 15.9 Å².